The zero-order chi connectivity index (χ0) is 13.1. The third kappa shape index (κ3) is 2.70. The minimum absolute atomic E-state index is 0.225. The maximum Gasteiger partial charge on any atom is 0.261 e. The van der Waals surface area contributed by atoms with Gasteiger partial charge in [-0.15, -0.1) is 0 Å². The van der Waals surface area contributed by atoms with Gasteiger partial charge >= 0.3 is 0 Å². The Balaban J connectivity index is 2.26. The molecule has 0 aliphatic rings. The van der Waals surface area contributed by atoms with E-state index >= 15 is 0 Å². The van der Waals surface area contributed by atoms with Gasteiger partial charge in [-0.25, -0.2) is 4.98 Å². The fourth-order valence-electron chi connectivity index (χ4n) is 1.58. The zero-order valence-corrected chi connectivity index (χ0v) is 12.3. The molecule has 0 spiro atoms. The van der Waals surface area contributed by atoms with E-state index < -0.39 is 0 Å². The SMILES string of the molecule is COc1c(C)cccc1C(=O)Nc1ncc(Br)s1. The van der Waals surface area contributed by atoms with Gasteiger partial charge in [-0.2, -0.15) is 0 Å². The van der Waals surface area contributed by atoms with E-state index in [1.807, 2.05) is 19.1 Å². The first kappa shape index (κ1) is 13.0. The Hall–Kier alpha value is -1.40. The lowest BCUT2D eigenvalue weighted by atomic mass is 10.1. The van der Waals surface area contributed by atoms with Crippen molar-refractivity contribution in [2.24, 2.45) is 0 Å². The normalized spacial score (nSPS) is 10.2. The minimum atomic E-state index is -0.225. The van der Waals surface area contributed by atoms with Crippen LogP contribution in [0.2, 0.25) is 0 Å². The summed E-state index contributed by atoms with van der Waals surface area (Å²) in [6.45, 7) is 1.90. The van der Waals surface area contributed by atoms with Gasteiger partial charge in [-0.05, 0) is 34.5 Å². The molecule has 94 valence electrons. The molecule has 0 unspecified atom stereocenters. The molecule has 0 saturated carbocycles. The van der Waals surface area contributed by atoms with Crippen LogP contribution in [-0.2, 0) is 0 Å². The first-order valence-electron chi connectivity index (χ1n) is 5.18. The maximum atomic E-state index is 12.1. The number of hydrogen-bond acceptors (Lipinski definition) is 4. The number of hydrogen-bond donors (Lipinski definition) is 1. The van der Waals surface area contributed by atoms with Crippen LogP contribution < -0.4 is 10.1 Å². The standard InChI is InChI=1S/C12H11BrN2O2S/c1-7-4-3-5-8(10(7)17-2)11(16)15-12-14-6-9(13)18-12/h3-6H,1-2H3,(H,14,15,16). The molecule has 0 aliphatic carbocycles. The molecule has 4 nitrogen and oxygen atoms in total. The van der Waals surface area contributed by atoms with Gasteiger partial charge in [0, 0.05) is 0 Å². The van der Waals surface area contributed by atoms with E-state index in [1.165, 1.54) is 11.3 Å². The number of anilines is 1. The Bertz CT molecular complexity index is 583. The van der Waals surface area contributed by atoms with E-state index in [9.17, 15) is 4.79 Å². The minimum Gasteiger partial charge on any atom is -0.496 e. The number of carbonyl (C=O) groups is 1. The van der Waals surface area contributed by atoms with Crippen molar-refractivity contribution >= 4 is 38.3 Å². The van der Waals surface area contributed by atoms with E-state index in [0.29, 0.717) is 16.4 Å². The van der Waals surface area contributed by atoms with Crippen molar-refractivity contribution in [3.63, 3.8) is 0 Å². The predicted octanol–water partition coefficient (Wildman–Crippen LogP) is 3.47. The summed E-state index contributed by atoms with van der Waals surface area (Å²) in [4.78, 5) is 16.2. The largest absolute Gasteiger partial charge is 0.496 e. The molecule has 1 aromatic carbocycles. The fourth-order valence-corrected chi connectivity index (χ4v) is 2.68. The van der Waals surface area contributed by atoms with Crippen LogP contribution in [0.1, 0.15) is 15.9 Å². The molecule has 0 fully saturated rings. The zero-order valence-electron chi connectivity index (χ0n) is 9.86. The van der Waals surface area contributed by atoms with Gasteiger partial charge in [0.1, 0.15) is 5.75 Å². The average Bonchev–Trinajstić information content (AvgIpc) is 2.74. The summed E-state index contributed by atoms with van der Waals surface area (Å²) in [5, 5.41) is 3.29. The topological polar surface area (TPSA) is 51.2 Å². The number of nitrogens with one attached hydrogen (secondary N) is 1. The van der Waals surface area contributed by atoms with Crippen LogP contribution in [0.25, 0.3) is 0 Å². The Morgan fingerprint density at radius 2 is 2.28 bits per heavy atom. The van der Waals surface area contributed by atoms with Crippen molar-refractivity contribution in [2.45, 2.75) is 6.92 Å². The Labute approximate surface area is 117 Å². The molecular formula is C12H11BrN2O2S. The van der Waals surface area contributed by atoms with E-state index in [2.05, 4.69) is 26.2 Å². The van der Waals surface area contributed by atoms with Crippen molar-refractivity contribution in [1.82, 2.24) is 4.98 Å². The first-order valence-corrected chi connectivity index (χ1v) is 6.79. The van der Waals surface area contributed by atoms with Crippen LogP contribution in [0.5, 0.6) is 5.75 Å². The molecule has 1 N–H and O–H groups in total. The number of nitrogens with zero attached hydrogens (tertiary/aromatic N) is 1. The van der Waals surface area contributed by atoms with Crippen LogP contribution in [-0.4, -0.2) is 18.0 Å². The number of para-hydroxylation sites is 1. The molecule has 0 bridgehead atoms. The summed E-state index contributed by atoms with van der Waals surface area (Å²) in [6, 6.07) is 5.45. The van der Waals surface area contributed by atoms with Gasteiger partial charge in [0.2, 0.25) is 0 Å². The number of amides is 1. The molecule has 2 rings (SSSR count). The number of rotatable bonds is 3. The van der Waals surface area contributed by atoms with Crippen LogP contribution in [0.4, 0.5) is 5.13 Å². The summed E-state index contributed by atoms with van der Waals surface area (Å²) in [7, 11) is 1.55. The van der Waals surface area contributed by atoms with E-state index in [-0.39, 0.29) is 5.91 Å². The van der Waals surface area contributed by atoms with Crippen LogP contribution in [0.3, 0.4) is 0 Å². The van der Waals surface area contributed by atoms with Crippen molar-refractivity contribution in [3.05, 3.63) is 39.3 Å². The predicted molar refractivity (Wildman–Crippen MR) is 75.5 cm³/mol. The Morgan fingerprint density at radius 1 is 1.50 bits per heavy atom. The first-order chi connectivity index (χ1) is 8.61. The molecule has 1 heterocycles. The summed E-state index contributed by atoms with van der Waals surface area (Å²) in [5.74, 6) is 0.364. The van der Waals surface area contributed by atoms with Crippen molar-refractivity contribution in [3.8, 4) is 5.75 Å². The Kier molecular flexibility index (Phi) is 3.98. The molecule has 1 aromatic heterocycles. The van der Waals surface area contributed by atoms with Gasteiger partial charge in [0.05, 0.1) is 22.7 Å². The summed E-state index contributed by atoms with van der Waals surface area (Å²) in [6.07, 6.45) is 1.65. The number of thiazole rings is 1. The molecule has 1 amide bonds. The fraction of sp³-hybridized carbons (Fsp3) is 0.167. The number of aromatic nitrogens is 1. The van der Waals surface area contributed by atoms with E-state index in [0.717, 1.165) is 9.35 Å². The Morgan fingerprint density at radius 3 is 2.89 bits per heavy atom. The number of halogens is 1. The van der Waals surface area contributed by atoms with Gasteiger partial charge < -0.3 is 4.74 Å². The molecule has 0 saturated heterocycles. The highest BCUT2D eigenvalue weighted by molar-refractivity contribution is 9.11. The highest BCUT2D eigenvalue weighted by Gasteiger charge is 2.15. The number of carbonyl (C=O) groups excluding carboxylic acids is 1. The average molecular weight is 327 g/mol. The number of benzene rings is 1. The van der Waals surface area contributed by atoms with Crippen LogP contribution in [0, 0.1) is 6.92 Å². The molecular weight excluding hydrogens is 316 g/mol. The van der Waals surface area contributed by atoms with Gasteiger partial charge in [-0.3, -0.25) is 10.1 Å². The second-order valence-corrected chi connectivity index (χ2v) is 5.99. The van der Waals surface area contributed by atoms with Crippen LogP contribution >= 0.6 is 27.3 Å². The molecule has 18 heavy (non-hydrogen) atoms. The quantitative estimate of drug-likeness (QED) is 0.939. The highest BCUT2D eigenvalue weighted by Crippen LogP contribution is 2.26. The lowest BCUT2D eigenvalue weighted by molar-refractivity contribution is 0.102. The van der Waals surface area contributed by atoms with E-state index in [4.69, 9.17) is 4.74 Å². The smallest absolute Gasteiger partial charge is 0.261 e. The number of ether oxygens (including phenoxy) is 1. The third-order valence-electron chi connectivity index (χ3n) is 2.36. The lowest BCUT2D eigenvalue weighted by Gasteiger charge is -2.10. The highest BCUT2D eigenvalue weighted by atomic mass is 79.9. The number of aryl methyl sites for hydroxylation is 1. The van der Waals surface area contributed by atoms with Gasteiger partial charge in [0.15, 0.2) is 5.13 Å². The van der Waals surface area contributed by atoms with Crippen LogP contribution in [0.15, 0.2) is 28.2 Å². The summed E-state index contributed by atoms with van der Waals surface area (Å²) < 4.78 is 6.12. The lowest BCUT2D eigenvalue weighted by Crippen LogP contribution is -2.13. The summed E-state index contributed by atoms with van der Waals surface area (Å²) >= 11 is 4.66. The molecule has 0 aliphatic heterocycles. The second kappa shape index (κ2) is 5.49. The molecule has 0 radical (unpaired) electrons. The van der Waals surface area contributed by atoms with Crippen molar-refractivity contribution in [1.29, 1.82) is 0 Å². The third-order valence-corrected chi connectivity index (χ3v) is 3.75. The molecule has 6 heteroatoms. The van der Waals surface area contributed by atoms with E-state index in [1.54, 1.807) is 19.4 Å². The van der Waals surface area contributed by atoms with Crippen molar-refractivity contribution in [2.75, 3.05) is 12.4 Å². The maximum absolute atomic E-state index is 12.1. The number of methoxy groups -OCH3 is 1. The van der Waals surface area contributed by atoms with Gasteiger partial charge in [-0.1, -0.05) is 23.5 Å². The van der Waals surface area contributed by atoms with Crippen molar-refractivity contribution < 1.29 is 9.53 Å². The monoisotopic (exact) mass is 326 g/mol. The molecule has 0 atom stereocenters. The molecule has 2 aromatic rings. The summed E-state index contributed by atoms with van der Waals surface area (Å²) in [5.41, 5.74) is 1.43. The second-order valence-electron chi connectivity index (χ2n) is 3.58. The van der Waals surface area contributed by atoms with Gasteiger partial charge in [0.25, 0.3) is 5.91 Å².